The number of rotatable bonds is 4. The van der Waals surface area contributed by atoms with E-state index in [1.54, 1.807) is 11.3 Å². The highest BCUT2D eigenvalue weighted by molar-refractivity contribution is 7.11. The van der Waals surface area contributed by atoms with Gasteiger partial charge in [-0.15, -0.1) is 11.3 Å². The molecule has 0 aliphatic carbocycles. The Morgan fingerprint density at radius 2 is 1.95 bits per heavy atom. The molecule has 0 atom stereocenters. The maximum atomic E-state index is 4.45. The van der Waals surface area contributed by atoms with Crippen LogP contribution in [0.5, 0.6) is 0 Å². The highest BCUT2D eigenvalue weighted by Gasteiger charge is 2.06. The van der Waals surface area contributed by atoms with E-state index in [0.29, 0.717) is 0 Å². The first-order chi connectivity index (χ1) is 8.97. The van der Waals surface area contributed by atoms with Crippen LogP contribution in [0.4, 0.5) is 11.4 Å². The van der Waals surface area contributed by atoms with Crippen LogP contribution < -0.4 is 10.2 Å². The summed E-state index contributed by atoms with van der Waals surface area (Å²) in [6.07, 6.45) is 0. The second-order valence-corrected chi connectivity index (χ2v) is 6.28. The summed E-state index contributed by atoms with van der Waals surface area (Å²) < 4.78 is 0. The standard InChI is InChI=1S/C15H21N3S/c1-10-6-7-13(8-14(10)18(4)5)16-9-15-11(2)17-12(3)19-15/h6-8,16H,9H2,1-5H3. The number of anilines is 2. The first kappa shape index (κ1) is 13.9. The monoisotopic (exact) mass is 275 g/mol. The molecular formula is C15H21N3S. The third kappa shape index (κ3) is 3.26. The zero-order valence-electron chi connectivity index (χ0n) is 12.2. The molecule has 0 aliphatic heterocycles. The summed E-state index contributed by atoms with van der Waals surface area (Å²) in [7, 11) is 4.14. The molecule has 1 N–H and O–H groups in total. The minimum Gasteiger partial charge on any atom is -0.380 e. The molecule has 2 aromatic rings. The maximum absolute atomic E-state index is 4.45. The average Bonchev–Trinajstić information content (AvgIpc) is 2.66. The van der Waals surface area contributed by atoms with Crippen LogP contribution in [0.15, 0.2) is 18.2 Å². The van der Waals surface area contributed by atoms with Crippen LogP contribution >= 0.6 is 11.3 Å². The smallest absolute Gasteiger partial charge is 0.0900 e. The number of hydrogen-bond acceptors (Lipinski definition) is 4. The third-order valence-electron chi connectivity index (χ3n) is 3.14. The number of nitrogens with one attached hydrogen (secondary N) is 1. The van der Waals surface area contributed by atoms with Crippen LogP contribution in [-0.4, -0.2) is 19.1 Å². The van der Waals surface area contributed by atoms with Crippen molar-refractivity contribution in [2.24, 2.45) is 0 Å². The first-order valence-electron chi connectivity index (χ1n) is 6.42. The lowest BCUT2D eigenvalue weighted by Crippen LogP contribution is -2.10. The van der Waals surface area contributed by atoms with Gasteiger partial charge in [0.2, 0.25) is 0 Å². The Bertz CT molecular complexity index is 573. The van der Waals surface area contributed by atoms with Gasteiger partial charge in [0.05, 0.1) is 17.2 Å². The van der Waals surface area contributed by atoms with E-state index in [9.17, 15) is 0 Å². The fourth-order valence-electron chi connectivity index (χ4n) is 2.12. The van der Waals surface area contributed by atoms with Gasteiger partial charge in [-0.3, -0.25) is 0 Å². The van der Waals surface area contributed by atoms with Gasteiger partial charge < -0.3 is 10.2 Å². The summed E-state index contributed by atoms with van der Waals surface area (Å²) in [6.45, 7) is 7.10. The Kier molecular flexibility index (Phi) is 4.10. The second-order valence-electron chi connectivity index (χ2n) is 4.99. The summed E-state index contributed by atoms with van der Waals surface area (Å²) >= 11 is 1.76. The van der Waals surface area contributed by atoms with Gasteiger partial charge in [-0.2, -0.15) is 0 Å². The third-order valence-corrected chi connectivity index (χ3v) is 4.22. The quantitative estimate of drug-likeness (QED) is 0.921. The normalized spacial score (nSPS) is 10.6. The van der Waals surface area contributed by atoms with Gasteiger partial charge in [-0.25, -0.2) is 4.98 Å². The van der Waals surface area contributed by atoms with Gasteiger partial charge in [0, 0.05) is 30.3 Å². The molecule has 19 heavy (non-hydrogen) atoms. The summed E-state index contributed by atoms with van der Waals surface area (Å²) in [5, 5.41) is 4.61. The van der Waals surface area contributed by atoms with Crippen molar-refractivity contribution in [3.05, 3.63) is 39.3 Å². The van der Waals surface area contributed by atoms with Crippen LogP contribution in [0.2, 0.25) is 0 Å². The van der Waals surface area contributed by atoms with Crippen molar-refractivity contribution < 1.29 is 0 Å². The molecule has 0 fully saturated rings. The molecule has 0 spiro atoms. The fourth-order valence-corrected chi connectivity index (χ4v) is 3.00. The van der Waals surface area contributed by atoms with Crippen molar-refractivity contribution >= 4 is 22.7 Å². The van der Waals surface area contributed by atoms with Gasteiger partial charge in [-0.1, -0.05) is 6.07 Å². The molecule has 1 aromatic heterocycles. The Morgan fingerprint density at radius 1 is 1.21 bits per heavy atom. The van der Waals surface area contributed by atoms with Crippen molar-refractivity contribution in [2.45, 2.75) is 27.3 Å². The summed E-state index contributed by atoms with van der Waals surface area (Å²) in [5.41, 5.74) is 4.83. The zero-order chi connectivity index (χ0) is 14.0. The molecule has 1 aromatic carbocycles. The van der Waals surface area contributed by atoms with Crippen LogP contribution in [-0.2, 0) is 6.54 Å². The van der Waals surface area contributed by atoms with E-state index in [4.69, 9.17) is 0 Å². The molecule has 2 rings (SSSR count). The van der Waals surface area contributed by atoms with E-state index in [2.05, 4.69) is 68.3 Å². The van der Waals surface area contributed by atoms with E-state index >= 15 is 0 Å². The predicted octanol–water partition coefficient (Wildman–Crippen LogP) is 3.75. The number of aromatic nitrogens is 1. The highest BCUT2D eigenvalue weighted by Crippen LogP contribution is 2.24. The lowest BCUT2D eigenvalue weighted by molar-refractivity contribution is 1.09. The number of aryl methyl sites for hydroxylation is 3. The number of hydrogen-bond donors (Lipinski definition) is 1. The van der Waals surface area contributed by atoms with Crippen LogP contribution in [0.25, 0.3) is 0 Å². The Hall–Kier alpha value is -1.55. The van der Waals surface area contributed by atoms with Crippen molar-refractivity contribution in [3.63, 3.8) is 0 Å². The summed E-state index contributed by atoms with van der Waals surface area (Å²) in [4.78, 5) is 7.90. The average molecular weight is 275 g/mol. The molecule has 102 valence electrons. The first-order valence-corrected chi connectivity index (χ1v) is 7.24. The summed E-state index contributed by atoms with van der Waals surface area (Å²) in [5.74, 6) is 0. The molecule has 1 heterocycles. The van der Waals surface area contributed by atoms with Crippen LogP contribution in [0.1, 0.15) is 21.1 Å². The van der Waals surface area contributed by atoms with Crippen LogP contribution in [0, 0.1) is 20.8 Å². The lowest BCUT2D eigenvalue weighted by atomic mass is 10.1. The second kappa shape index (κ2) is 5.61. The Balaban J connectivity index is 2.12. The molecule has 0 unspecified atom stereocenters. The SMILES string of the molecule is Cc1nc(C)c(CNc2ccc(C)c(N(C)C)c2)s1. The molecule has 0 saturated carbocycles. The molecule has 0 saturated heterocycles. The van der Waals surface area contributed by atoms with Gasteiger partial charge in [0.1, 0.15) is 0 Å². The summed E-state index contributed by atoms with van der Waals surface area (Å²) in [6, 6.07) is 6.48. The Morgan fingerprint density at radius 3 is 2.53 bits per heavy atom. The number of benzene rings is 1. The van der Waals surface area contributed by atoms with Crippen molar-refractivity contribution in [1.29, 1.82) is 0 Å². The lowest BCUT2D eigenvalue weighted by Gasteiger charge is -2.17. The molecule has 0 amide bonds. The molecule has 4 heteroatoms. The van der Waals surface area contributed by atoms with E-state index in [1.165, 1.54) is 16.1 Å². The fraction of sp³-hybridized carbons (Fsp3) is 0.400. The van der Waals surface area contributed by atoms with E-state index in [0.717, 1.165) is 22.9 Å². The zero-order valence-corrected chi connectivity index (χ0v) is 13.1. The number of nitrogens with zero attached hydrogens (tertiary/aromatic N) is 2. The highest BCUT2D eigenvalue weighted by atomic mass is 32.1. The van der Waals surface area contributed by atoms with E-state index in [-0.39, 0.29) is 0 Å². The van der Waals surface area contributed by atoms with E-state index in [1.807, 2.05) is 0 Å². The van der Waals surface area contributed by atoms with Crippen molar-refractivity contribution in [1.82, 2.24) is 4.98 Å². The molecule has 0 aliphatic rings. The van der Waals surface area contributed by atoms with Crippen molar-refractivity contribution in [3.8, 4) is 0 Å². The van der Waals surface area contributed by atoms with Gasteiger partial charge in [0.15, 0.2) is 0 Å². The van der Waals surface area contributed by atoms with Gasteiger partial charge in [0.25, 0.3) is 0 Å². The van der Waals surface area contributed by atoms with Crippen molar-refractivity contribution in [2.75, 3.05) is 24.3 Å². The Labute approximate surface area is 119 Å². The molecule has 0 radical (unpaired) electrons. The van der Waals surface area contributed by atoms with Gasteiger partial charge >= 0.3 is 0 Å². The van der Waals surface area contributed by atoms with Gasteiger partial charge in [-0.05, 0) is 38.5 Å². The minimum atomic E-state index is 0.841. The topological polar surface area (TPSA) is 28.2 Å². The van der Waals surface area contributed by atoms with Crippen LogP contribution in [0.3, 0.4) is 0 Å². The largest absolute Gasteiger partial charge is 0.380 e. The molecule has 3 nitrogen and oxygen atoms in total. The number of thiazole rings is 1. The maximum Gasteiger partial charge on any atom is 0.0900 e. The predicted molar refractivity (Wildman–Crippen MR) is 84.4 cm³/mol. The molecular weight excluding hydrogens is 254 g/mol. The minimum absolute atomic E-state index is 0.841. The molecule has 0 bridgehead atoms. The van der Waals surface area contributed by atoms with E-state index < -0.39 is 0 Å².